The first-order valence-electron chi connectivity index (χ1n) is 12.8. The van der Waals surface area contributed by atoms with Crippen LogP contribution >= 0.6 is 0 Å². The molecular weight excluding hydrogens is 498 g/mol. The van der Waals surface area contributed by atoms with Gasteiger partial charge in [-0.1, -0.05) is 29.8 Å². The molecule has 3 amide bonds. The highest BCUT2D eigenvalue weighted by Gasteiger charge is 2.30. The Labute approximate surface area is 226 Å². The first-order chi connectivity index (χ1) is 18.8. The highest BCUT2D eigenvalue weighted by Crippen LogP contribution is 2.32. The number of benzene rings is 3. The van der Waals surface area contributed by atoms with Crippen molar-refractivity contribution in [3.63, 3.8) is 0 Å². The molecule has 1 atom stereocenters. The van der Waals surface area contributed by atoms with Gasteiger partial charge in [0, 0.05) is 29.9 Å². The molecule has 3 aromatic carbocycles. The maximum absolute atomic E-state index is 13.7. The number of nitrogens with zero attached hydrogens (tertiary/aromatic N) is 2. The maximum atomic E-state index is 13.7. The molecule has 0 aliphatic carbocycles. The van der Waals surface area contributed by atoms with Crippen molar-refractivity contribution in [2.24, 2.45) is 5.92 Å². The third-order valence-corrected chi connectivity index (χ3v) is 6.77. The average molecular weight is 530 g/mol. The number of likely N-dealkylation sites (tertiary alicyclic amines) is 1. The zero-order chi connectivity index (χ0) is 27.9. The van der Waals surface area contributed by atoms with Gasteiger partial charge in [0.05, 0.1) is 18.2 Å². The number of carbonyl (C=O) groups is 4. The molecule has 1 aliphatic heterocycles. The van der Waals surface area contributed by atoms with Crippen LogP contribution in [0, 0.1) is 12.8 Å². The van der Waals surface area contributed by atoms with Gasteiger partial charge in [-0.3, -0.25) is 29.3 Å². The monoisotopic (exact) mass is 529 g/mol. The van der Waals surface area contributed by atoms with Gasteiger partial charge in [0.15, 0.2) is 0 Å². The van der Waals surface area contributed by atoms with Crippen molar-refractivity contribution in [2.75, 3.05) is 24.6 Å². The highest BCUT2D eigenvalue weighted by molar-refractivity contribution is 5.99. The number of hydrogen-bond donors (Lipinski definition) is 2. The second-order valence-corrected chi connectivity index (χ2v) is 9.44. The topological polar surface area (TPSA) is 116 Å². The van der Waals surface area contributed by atoms with Crippen molar-refractivity contribution in [2.45, 2.75) is 26.7 Å². The third kappa shape index (κ3) is 6.32. The Balaban J connectivity index is 1.74. The average Bonchev–Trinajstić information content (AvgIpc) is 2.98. The molecular formula is C30H31N3O6. The predicted octanol–water partition coefficient (Wildman–Crippen LogP) is 4.49. The normalized spacial score (nSPS) is 14.8. The van der Waals surface area contributed by atoms with E-state index in [0.717, 1.165) is 5.56 Å². The van der Waals surface area contributed by atoms with E-state index in [1.54, 1.807) is 59.8 Å². The van der Waals surface area contributed by atoms with Crippen LogP contribution < -0.4 is 10.4 Å². The standard InChI is InChI=1S/C30H31N3O6/c1-3-39-30(37)23-5-4-14-32(18-23)29(36)25-15-24(21-8-10-22(11-9-21)28(35)31-38)16-27(17-25)33(19-34)26-12-6-20(2)7-13-26/h6-13,15-17,19,23,38H,3-5,14,18H2,1-2H3,(H,31,35)/t23-/m0/s1. The van der Waals surface area contributed by atoms with E-state index in [9.17, 15) is 19.2 Å². The van der Waals surface area contributed by atoms with Gasteiger partial charge in [-0.25, -0.2) is 5.48 Å². The summed E-state index contributed by atoms with van der Waals surface area (Å²) in [5.41, 5.74) is 5.77. The van der Waals surface area contributed by atoms with Gasteiger partial charge in [-0.15, -0.1) is 0 Å². The number of ether oxygens (including phenoxy) is 1. The van der Waals surface area contributed by atoms with Gasteiger partial charge >= 0.3 is 5.97 Å². The van der Waals surface area contributed by atoms with Crippen molar-refractivity contribution in [1.82, 2.24) is 10.4 Å². The fraction of sp³-hybridized carbons (Fsp3) is 0.267. The molecule has 9 heteroatoms. The lowest BCUT2D eigenvalue weighted by atomic mass is 9.96. The minimum absolute atomic E-state index is 0.252. The van der Waals surface area contributed by atoms with Crippen molar-refractivity contribution < 1.29 is 29.1 Å². The summed E-state index contributed by atoms with van der Waals surface area (Å²) in [4.78, 5) is 53.2. The van der Waals surface area contributed by atoms with Crippen molar-refractivity contribution >= 4 is 35.6 Å². The van der Waals surface area contributed by atoms with Crippen LogP contribution in [-0.4, -0.2) is 54.0 Å². The first kappa shape index (κ1) is 27.5. The Kier molecular flexibility index (Phi) is 8.73. The molecule has 2 N–H and O–H groups in total. The molecule has 0 saturated carbocycles. The van der Waals surface area contributed by atoms with Crippen molar-refractivity contribution in [3.05, 3.63) is 83.4 Å². The SMILES string of the molecule is CCOC(=O)[C@H]1CCCN(C(=O)c2cc(-c3ccc(C(=O)NO)cc3)cc(N(C=O)c3ccc(C)cc3)c2)C1. The largest absolute Gasteiger partial charge is 0.466 e. The Hall–Kier alpha value is -4.50. The summed E-state index contributed by atoms with van der Waals surface area (Å²) in [6.07, 6.45) is 2.04. The summed E-state index contributed by atoms with van der Waals surface area (Å²) in [6, 6.07) is 19.2. The number of piperidine rings is 1. The van der Waals surface area contributed by atoms with E-state index in [-0.39, 0.29) is 36.5 Å². The van der Waals surface area contributed by atoms with E-state index in [0.29, 0.717) is 53.9 Å². The number of amides is 3. The molecule has 1 heterocycles. The quantitative estimate of drug-likeness (QED) is 0.192. The number of nitrogens with one attached hydrogen (secondary N) is 1. The maximum Gasteiger partial charge on any atom is 0.310 e. The van der Waals surface area contributed by atoms with Gasteiger partial charge in [0.25, 0.3) is 11.8 Å². The molecule has 1 aliphatic rings. The molecule has 9 nitrogen and oxygen atoms in total. The van der Waals surface area contributed by atoms with E-state index >= 15 is 0 Å². The molecule has 0 bridgehead atoms. The number of anilines is 2. The van der Waals surface area contributed by atoms with Crippen LogP contribution in [0.5, 0.6) is 0 Å². The molecule has 1 fully saturated rings. The minimum atomic E-state index is -0.640. The molecule has 4 rings (SSSR count). The molecule has 1 saturated heterocycles. The Bertz CT molecular complexity index is 1350. The second-order valence-electron chi connectivity index (χ2n) is 9.44. The van der Waals surface area contributed by atoms with Crippen LogP contribution in [0.4, 0.5) is 11.4 Å². The number of carbonyl (C=O) groups excluding carboxylic acids is 4. The zero-order valence-electron chi connectivity index (χ0n) is 21.9. The lowest BCUT2D eigenvalue weighted by Crippen LogP contribution is -2.42. The lowest BCUT2D eigenvalue weighted by molar-refractivity contribution is -0.149. The van der Waals surface area contributed by atoms with Crippen molar-refractivity contribution in [3.8, 4) is 11.1 Å². The van der Waals surface area contributed by atoms with Gasteiger partial charge in [0.1, 0.15) is 0 Å². The summed E-state index contributed by atoms with van der Waals surface area (Å²) in [5.74, 6) is -1.57. The van der Waals surface area contributed by atoms with Crippen LogP contribution in [0.15, 0.2) is 66.7 Å². The van der Waals surface area contributed by atoms with Crippen LogP contribution in [0.1, 0.15) is 46.0 Å². The van der Waals surface area contributed by atoms with E-state index in [4.69, 9.17) is 9.94 Å². The fourth-order valence-electron chi connectivity index (χ4n) is 4.69. The van der Waals surface area contributed by atoms with Crippen LogP contribution in [0.25, 0.3) is 11.1 Å². The molecule has 0 aromatic heterocycles. The Morgan fingerprint density at radius 3 is 2.36 bits per heavy atom. The van der Waals surface area contributed by atoms with Crippen LogP contribution in [-0.2, 0) is 14.3 Å². The summed E-state index contributed by atoms with van der Waals surface area (Å²) in [6.45, 7) is 4.77. The molecule has 0 unspecified atom stereocenters. The summed E-state index contributed by atoms with van der Waals surface area (Å²) in [7, 11) is 0. The van der Waals surface area contributed by atoms with Crippen LogP contribution in [0.3, 0.4) is 0 Å². The van der Waals surface area contributed by atoms with E-state index in [1.807, 2.05) is 31.2 Å². The fourth-order valence-corrected chi connectivity index (χ4v) is 4.69. The smallest absolute Gasteiger partial charge is 0.310 e. The minimum Gasteiger partial charge on any atom is -0.466 e. The molecule has 0 spiro atoms. The molecule has 3 aromatic rings. The van der Waals surface area contributed by atoms with Gasteiger partial charge in [-0.05, 0) is 80.3 Å². The highest BCUT2D eigenvalue weighted by atomic mass is 16.5. The van der Waals surface area contributed by atoms with Gasteiger partial charge in [0.2, 0.25) is 6.41 Å². The van der Waals surface area contributed by atoms with Crippen LogP contribution in [0.2, 0.25) is 0 Å². The lowest BCUT2D eigenvalue weighted by Gasteiger charge is -2.32. The second kappa shape index (κ2) is 12.4. The van der Waals surface area contributed by atoms with Gasteiger partial charge < -0.3 is 9.64 Å². The number of esters is 1. The first-order valence-corrected chi connectivity index (χ1v) is 12.8. The summed E-state index contributed by atoms with van der Waals surface area (Å²) < 4.78 is 5.18. The number of hydroxylamine groups is 1. The molecule has 39 heavy (non-hydrogen) atoms. The van der Waals surface area contributed by atoms with Crippen molar-refractivity contribution in [1.29, 1.82) is 0 Å². The summed E-state index contributed by atoms with van der Waals surface area (Å²) >= 11 is 0. The number of rotatable bonds is 8. The Morgan fingerprint density at radius 2 is 1.72 bits per heavy atom. The zero-order valence-corrected chi connectivity index (χ0v) is 21.9. The number of hydrogen-bond acceptors (Lipinski definition) is 6. The molecule has 202 valence electrons. The van der Waals surface area contributed by atoms with E-state index < -0.39 is 5.91 Å². The third-order valence-electron chi connectivity index (χ3n) is 6.77. The number of aryl methyl sites for hydroxylation is 1. The Morgan fingerprint density at radius 1 is 1.00 bits per heavy atom. The van der Waals surface area contributed by atoms with Gasteiger partial charge in [-0.2, -0.15) is 0 Å². The predicted molar refractivity (Wildman–Crippen MR) is 146 cm³/mol. The van der Waals surface area contributed by atoms with E-state index in [1.165, 1.54) is 4.90 Å². The summed E-state index contributed by atoms with van der Waals surface area (Å²) in [5, 5.41) is 8.92. The van der Waals surface area contributed by atoms with E-state index in [2.05, 4.69) is 0 Å². The molecule has 0 radical (unpaired) electrons.